The van der Waals surface area contributed by atoms with Crippen molar-refractivity contribution < 1.29 is 4.92 Å². The standard InChI is InChI=1S/C16H21N5O2/c1-4-5-9-20(3)16-14(21(22)23)15(17-11-18-16)19-13-8-6-7-12(2)10-13/h6-8,10-11H,4-5,9H2,1-3H3,(H,17,18,19). The van der Waals surface area contributed by atoms with E-state index in [1.165, 1.54) is 6.33 Å². The van der Waals surface area contributed by atoms with Crippen molar-refractivity contribution in [2.45, 2.75) is 26.7 Å². The Labute approximate surface area is 135 Å². The van der Waals surface area contributed by atoms with Gasteiger partial charge in [-0.25, -0.2) is 9.97 Å². The molecule has 0 amide bonds. The van der Waals surface area contributed by atoms with Crippen LogP contribution in [0.2, 0.25) is 0 Å². The van der Waals surface area contributed by atoms with E-state index in [-0.39, 0.29) is 11.5 Å². The summed E-state index contributed by atoms with van der Waals surface area (Å²) in [4.78, 5) is 21.1. The summed E-state index contributed by atoms with van der Waals surface area (Å²) >= 11 is 0. The van der Waals surface area contributed by atoms with Crippen LogP contribution in [0.3, 0.4) is 0 Å². The third-order valence-electron chi connectivity index (χ3n) is 3.47. The van der Waals surface area contributed by atoms with Crippen LogP contribution in [0.25, 0.3) is 0 Å². The summed E-state index contributed by atoms with van der Waals surface area (Å²) in [5.74, 6) is 0.530. The molecule has 2 rings (SSSR count). The van der Waals surface area contributed by atoms with Crippen molar-refractivity contribution in [1.82, 2.24) is 9.97 Å². The molecule has 1 aromatic heterocycles. The Bertz CT molecular complexity index is 690. The van der Waals surface area contributed by atoms with Crippen LogP contribution in [0, 0.1) is 17.0 Å². The first-order valence-corrected chi connectivity index (χ1v) is 7.57. The van der Waals surface area contributed by atoms with E-state index in [0.29, 0.717) is 12.4 Å². The molecule has 23 heavy (non-hydrogen) atoms. The van der Waals surface area contributed by atoms with Crippen LogP contribution < -0.4 is 10.2 Å². The summed E-state index contributed by atoms with van der Waals surface area (Å²) in [5, 5.41) is 14.6. The van der Waals surface area contributed by atoms with Gasteiger partial charge in [0.2, 0.25) is 11.6 Å². The zero-order valence-electron chi connectivity index (χ0n) is 13.6. The minimum absolute atomic E-state index is 0.104. The second kappa shape index (κ2) is 7.53. The van der Waals surface area contributed by atoms with Gasteiger partial charge >= 0.3 is 5.69 Å². The lowest BCUT2D eigenvalue weighted by molar-refractivity contribution is -0.383. The smallest absolute Gasteiger partial charge is 0.353 e. The zero-order chi connectivity index (χ0) is 16.8. The van der Waals surface area contributed by atoms with E-state index in [2.05, 4.69) is 22.2 Å². The molecule has 0 aliphatic heterocycles. The number of hydrogen-bond donors (Lipinski definition) is 1. The molecule has 0 unspecified atom stereocenters. The van der Waals surface area contributed by atoms with Gasteiger partial charge < -0.3 is 10.2 Å². The molecular formula is C16H21N5O2. The second-order valence-corrected chi connectivity index (χ2v) is 5.42. The summed E-state index contributed by atoms with van der Waals surface area (Å²) in [6.45, 7) is 4.74. The minimum Gasteiger partial charge on any atom is -0.354 e. The number of unbranched alkanes of at least 4 members (excludes halogenated alkanes) is 1. The van der Waals surface area contributed by atoms with Gasteiger partial charge in [0.25, 0.3) is 0 Å². The summed E-state index contributed by atoms with van der Waals surface area (Å²) in [6, 6.07) is 7.61. The Kier molecular flexibility index (Phi) is 5.46. The monoisotopic (exact) mass is 315 g/mol. The molecule has 1 aromatic carbocycles. The first-order valence-electron chi connectivity index (χ1n) is 7.57. The Morgan fingerprint density at radius 2 is 2.13 bits per heavy atom. The topological polar surface area (TPSA) is 84.2 Å². The number of aromatic nitrogens is 2. The van der Waals surface area contributed by atoms with Gasteiger partial charge in [0, 0.05) is 19.3 Å². The fourth-order valence-corrected chi connectivity index (χ4v) is 2.27. The van der Waals surface area contributed by atoms with Crippen molar-refractivity contribution in [3.05, 3.63) is 46.3 Å². The van der Waals surface area contributed by atoms with Crippen LogP contribution in [-0.4, -0.2) is 28.5 Å². The predicted molar refractivity (Wildman–Crippen MR) is 91.3 cm³/mol. The Hall–Kier alpha value is -2.70. The van der Waals surface area contributed by atoms with Crippen LogP contribution >= 0.6 is 0 Å². The fraction of sp³-hybridized carbons (Fsp3) is 0.375. The lowest BCUT2D eigenvalue weighted by Gasteiger charge is -2.18. The number of anilines is 3. The largest absolute Gasteiger partial charge is 0.354 e. The maximum absolute atomic E-state index is 11.5. The molecule has 1 heterocycles. The number of nitro groups is 1. The van der Waals surface area contributed by atoms with E-state index in [4.69, 9.17) is 0 Å². The second-order valence-electron chi connectivity index (χ2n) is 5.42. The van der Waals surface area contributed by atoms with E-state index >= 15 is 0 Å². The van der Waals surface area contributed by atoms with Gasteiger partial charge in [-0.1, -0.05) is 25.5 Å². The average Bonchev–Trinajstić information content (AvgIpc) is 2.52. The van der Waals surface area contributed by atoms with Gasteiger partial charge in [0.05, 0.1) is 4.92 Å². The molecule has 0 atom stereocenters. The molecule has 0 aliphatic carbocycles. The number of rotatable bonds is 7. The van der Waals surface area contributed by atoms with Crippen LogP contribution in [0.4, 0.5) is 23.0 Å². The first kappa shape index (κ1) is 16.7. The minimum atomic E-state index is -0.435. The van der Waals surface area contributed by atoms with Crippen molar-refractivity contribution in [2.75, 3.05) is 23.8 Å². The summed E-state index contributed by atoms with van der Waals surface area (Å²) in [7, 11) is 1.81. The van der Waals surface area contributed by atoms with Crippen LogP contribution in [0.5, 0.6) is 0 Å². The summed E-state index contributed by atoms with van der Waals surface area (Å²) in [6.07, 6.45) is 3.30. The van der Waals surface area contributed by atoms with Gasteiger partial charge in [0.15, 0.2) is 0 Å². The number of nitrogens with zero attached hydrogens (tertiary/aromatic N) is 4. The number of benzene rings is 1. The van der Waals surface area contributed by atoms with Gasteiger partial charge in [-0.2, -0.15) is 0 Å². The fourth-order valence-electron chi connectivity index (χ4n) is 2.27. The molecular weight excluding hydrogens is 294 g/mol. The Morgan fingerprint density at radius 3 is 2.78 bits per heavy atom. The molecule has 0 saturated heterocycles. The third kappa shape index (κ3) is 4.15. The van der Waals surface area contributed by atoms with E-state index in [0.717, 1.165) is 24.1 Å². The van der Waals surface area contributed by atoms with Gasteiger partial charge in [0.1, 0.15) is 6.33 Å². The highest BCUT2D eigenvalue weighted by molar-refractivity contribution is 5.74. The van der Waals surface area contributed by atoms with Crippen molar-refractivity contribution in [3.63, 3.8) is 0 Å². The van der Waals surface area contributed by atoms with Crippen molar-refractivity contribution in [3.8, 4) is 0 Å². The van der Waals surface area contributed by atoms with Crippen LogP contribution in [0.15, 0.2) is 30.6 Å². The molecule has 0 bridgehead atoms. The zero-order valence-corrected chi connectivity index (χ0v) is 13.6. The van der Waals surface area contributed by atoms with Crippen molar-refractivity contribution >= 4 is 23.0 Å². The Morgan fingerprint density at radius 1 is 1.35 bits per heavy atom. The van der Waals surface area contributed by atoms with Gasteiger partial charge in [-0.15, -0.1) is 0 Å². The van der Waals surface area contributed by atoms with E-state index in [9.17, 15) is 10.1 Å². The molecule has 0 fully saturated rings. The highest BCUT2D eigenvalue weighted by Crippen LogP contribution is 2.33. The molecule has 1 N–H and O–H groups in total. The molecule has 2 aromatic rings. The van der Waals surface area contributed by atoms with Crippen molar-refractivity contribution in [1.29, 1.82) is 0 Å². The van der Waals surface area contributed by atoms with E-state index in [1.807, 2.05) is 31.2 Å². The van der Waals surface area contributed by atoms with Crippen LogP contribution in [0.1, 0.15) is 25.3 Å². The SMILES string of the molecule is CCCCN(C)c1ncnc(Nc2cccc(C)c2)c1[N+](=O)[O-]. The molecule has 122 valence electrons. The molecule has 7 nitrogen and oxygen atoms in total. The lowest BCUT2D eigenvalue weighted by atomic mass is 10.2. The molecule has 0 radical (unpaired) electrons. The number of hydrogen-bond acceptors (Lipinski definition) is 6. The molecule has 0 spiro atoms. The summed E-state index contributed by atoms with van der Waals surface area (Å²) < 4.78 is 0. The Balaban J connectivity index is 2.37. The maximum atomic E-state index is 11.5. The molecule has 7 heteroatoms. The van der Waals surface area contributed by atoms with Crippen LogP contribution in [-0.2, 0) is 0 Å². The average molecular weight is 315 g/mol. The van der Waals surface area contributed by atoms with Gasteiger partial charge in [-0.05, 0) is 31.0 Å². The van der Waals surface area contributed by atoms with Gasteiger partial charge in [-0.3, -0.25) is 10.1 Å². The van der Waals surface area contributed by atoms with Crippen molar-refractivity contribution in [2.24, 2.45) is 0 Å². The molecule has 0 saturated carbocycles. The normalized spacial score (nSPS) is 10.4. The number of nitrogens with one attached hydrogen (secondary N) is 1. The highest BCUT2D eigenvalue weighted by Gasteiger charge is 2.25. The van der Waals surface area contributed by atoms with E-state index in [1.54, 1.807) is 11.9 Å². The summed E-state index contributed by atoms with van der Waals surface area (Å²) in [5.41, 5.74) is 1.72. The first-order chi connectivity index (χ1) is 11.0. The quantitative estimate of drug-likeness (QED) is 0.620. The predicted octanol–water partition coefficient (Wildman–Crippen LogP) is 3.67. The maximum Gasteiger partial charge on any atom is 0.353 e. The number of aryl methyl sites for hydroxylation is 1. The highest BCUT2D eigenvalue weighted by atomic mass is 16.6. The van der Waals surface area contributed by atoms with E-state index < -0.39 is 4.92 Å². The third-order valence-corrected chi connectivity index (χ3v) is 3.47. The lowest BCUT2D eigenvalue weighted by Crippen LogP contribution is -2.21. The molecule has 0 aliphatic rings.